The van der Waals surface area contributed by atoms with Crippen molar-refractivity contribution in [3.8, 4) is 11.1 Å². The zero-order valence-electron chi connectivity index (χ0n) is 19.0. The summed E-state index contributed by atoms with van der Waals surface area (Å²) in [6.45, 7) is 8.23. The van der Waals surface area contributed by atoms with Crippen LogP contribution in [0.15, 0.2) is 48.5 Å². The van der Waals surface area contributed by atoms with Crippen molar-refractivity contribution < 1.29 is 9.59 Å². The molecule has 2 atom stereocenters. The number of rotatable bonds is 6. The molecule has 2 fully saturated rings. The molecule has 2 aliphatic rings. The van der Waals surface area contributed by atoms with Gasteiger partial charge in [-0.1, -0.05) is 55.5 Å². The normalized spacial score (nSPS) is 22.1. The van der Waals surface area contributed by atoms with E-state index < -0.39 is 5.41 Å². The van der Waals surface area contributed by atoms with E-state index in [1.165, 1.54) is 22.3 Å². The number of benzene rings is 2. The number of likely N-dealkylation sites (tertiary alicyclic amines) is 1. The predicted molar refractivity (Wildman–Crippen MR) is 125 cm³/mol. The molecule has 2 aromatic carbocycles. The first kappa shape index (κ1) is 21.6. The third-order valence-electron chi connectivity index (χ3n) is 7.20. The molecule has 0 unspecified atom stereocenters. The summed E-state index contributed by atoms with van der Waals surface area (Å²) in [6, 6.07) is 17.0. The molecule has 4 rings (SSSR count). The predicted octanol–water partition coefficient (Wildman–Crippen LogP) is 4.61. The first-order valence-electron chi connectivity index (χ1n) is 11.7. The standard InChI is InChI=1S/C27H34N2O2/c1-4-28-26(31)27(12-14-29(15-13-27)25(30)24-16-20(24)3)18-21-9-7-10-22(17-21)23-11-6-5-8-19(23)2/h5-11,17,20,24H,4,12-16,18H2,1-3H3,(H,28,31)/t20-,24-/m1/s1. The summed E-state index contributed by atoms with van der Waals surface area (Å²) in [4.78, 5) is 27.9. The van der Waals surface area contributed by atoms with Crippen molar-refractivity contribution in [2.45, 2.75) is 46.5 Å². The van der Waals surface area contributed by atoms with Gasteiger partial charge in [0.1, 0.15) is 0 Å². The number of amides is 2. The van der Waals surface area contributed by atoms with Crippen molar-refractivity contribution in [2.24, 2.45) is 17.3 Å². The van der Waals surface area contributed by atoms with Crippen LogP contribution in [-0.4, -0.2) is 36.3 Å². The molecule has 2 amide bonds. The van der Waals surface area contributed by atoms with Crippen LogP contribution < -0.4 is 5.32 Å². The van der Waals surface area contributed by atoms with E-state index in [9.17, 15) is 9.59 Å². The van der Waals surface area contributed by atoms with Crippen molar-refractivity contribution in [2.75, 3.05) is 19.6 Å². The van der Waals surface area contributed by atoms with Gasteiger partial charge in [-0.05, 0) is 67.7 Å². The Morgan fingerprint density at radius 2 is 1.81 bits per heavy atom. The van der Waals surface area contributed by atoms with Gasteiger partial charge in [0.15, 0.2) is 0 Å². The van der Waals surface area contributed by atoms with Gasteiger partial charge in [-0.25, -0.2) is 0 Å². The van der Waals surface area contributed by atoms with Crippen molar-refractivity contribution in [3.63, 3.8) is 0 Å². The SMILES string of the molecule is CCNC(=O)C1(Cc2cccc(-c3ccccc3C)c2)CCN(C(=O)[C@@H]2C[C@H]2C)CC1. The zero-order chi connectivity index (χ0) is 22.0. The average Bonchev–Trinajstić information content (AvgIpc) is 3.51. The first-order chi connectivity index (χ1) is 14.9. The number of nitrogens with zero attached hydrogens (tertiary/aromatic N) is 1. The average molecular weight is 419 g/mol. The number of hydrogen-bond acceptors (Lipinski definition) is 2. The molecule has 164 valence electrons. The molecule has 1 aliphatic heterocycles. The Morgan fingerprint density at radius 1 is 1.10 bits per heavy atom. The Kier molecular flexibility index (Phi) is 6.17. The largest absolute Gasteiger partial charge is 0.356 e. The maximum atomic E-state index is 13.2. The van der Waals surface area contributed by atoms with E-state index in [4.69, 9.17) is 0 Å². The minimum atomic E-state index is -0.452. The molecule has 1 saturated heterocycles. The van der Waals surface area contributed by atoms with E-state index in [1.54, 1.807) is 0 Å². The number of carbonyl (C=O) groups is 2. The lowest BCUT2D eigenvalue weighted by Crippen LogP contribution is -2.51. The van der Waals surface area contributed by atoms with Crippen LogP contribution in [0.3, 0.4) is 0 Å². The fourth-order valence-electron chi connectivity index (χ4n) is 5.02. The molecule has 0 bridgehead atoms. The second-order valence-electron chi connectivity index (χ2n) is 9.48. The van der Waals surface area contributed by atoms with Crippen molar-refractivity contribution >= 4 is 11.8 Å². The van der Waals surface area contributed by atoms with Crippen LogP contribution in [0.5, 0.6) is 0 Å². The summed E-state index contributed by atoms with van der Waals surface area (Å²) < 4.78 is 0. The van der Waals surface area contributed by atoms with Gasteiger partial charge in [-0.3, -0.25) is 9.59 Å². The quantitative estimate of drug-likeness (QED) is 0.745. The van der Waals surface area contributed by atoms with Gasteiger partial charge < -0.3 is 10.2 Å². The molecule has 0 spiro atoms. The van der Waals surface area contributed by atoms with Gasteiger partial charge >= 0.3 is 0 Å². The molecule has 4 nitrogen and oxygen atoms in total. The number of hydrogen-bond donors (Lipinski definition) is 1. The lowest BCUT2D eigenvalue weighted by Gasteiger charge is -2.41. The molecule has 31 heavy (non-hydrogen) atoms. The Morgan fingerprint density at radius 3 is 2.45 bits per heavy atom. The Hall–Kier alpha value is -2.62. The summed E-state index contributed by atoms with van der Waals surface area (Å²) in [5.41, 5.74) is 4.40. The highest BCUT2D eigenvalue weighted by atomic mass is 16.2. The molecule has 4 heteroatoms. The van der Waals surface area contributed by atoms with E-state index >= 15 is 0 Å². The maximum Gasteiger partial charge on any atom is 0.226 e. The molecule has 0 radical (unpaired) electrons. The molecule has 1 saturated carbocycles. The van der Waals surface area contributed by atoms with Crippen LogP contribution in [-0.2, 0) is 16.0 Å². The maximum absolute atomic E-state index is 13.2. The van der Waals surface area contributed by atoms with E-state index in [2.05, 4.69) is 67.7 Å². The van der Waals surface area contributed by atoms with E-state index in [0.717, 1.165) is 19.3 Å². The molecular formula is C27H34N2O2. The van der Waals surface area contributed by atoms with E-state index in [1.807, 2.05) is 11.8 Å². The summed E-state index contributed by atoms with van der Waals surface area (Å²) in [7, 11) is 0. The number of carbonyl (C=O) groups excluding carboxylic acids is 2. The Bertz CT molecular complexity index is 959. The van der Waals surface area contributed by atoms with E-state index in [-0.39, 0.29) is 11.8 Å². The number of piperidine rings is 1. The number of nitrogens with one attached hydrogen (secondary N) is 1. The molecule has 1 aliphatic carbocycles. The molecule has 1 N–H and O–H groups in total. The summed E-state index contributed by atoms with van der Waals surface area (Å²) in [5, 5.41) is 3.08. The monoisotopic (exact) mass is 418 g/mol. The third kappa shape index (κ3) is 4.53. The van der Waals surface area contributed by atoms with Gasteiger partial charge in [-0.2, -0.15) is 0 Å². The summed E-state index contributed by atoms with van der Waals surface area (Å²) >= 11 is 0. The molecular weight excluding hydrogens is 384 g/mol. The van der Waals surface area contributed by atoms with Crippen LogP contribution in [0.2, 0.25) is 0 Å². The molecule has 2 aromatic rings. The van der Waals surface area contributed by atoms with Gasteiger partial charge in [0, 0.05) is 25.6 Å². The van der Waals surface area contributed by atoms with Crippen LogP contribution >= 0.6 is 0 Å². The minimum absolute atomic E-state index is 0.128. The second-order valence-corrected chi connectivity index (χ2v) is 9.48. The lowest BCUT2D eigenvalue weighted by atomic mass is 9.72. The summed E-state index contributed by atoms with van der Waals surface area (Å²) in [5.74, 6) is 1.15. The molecule has 0 aromatic heterocycles. The second kappa shape index (κ2) is 8.86. The Labute approximate surface area is 186 Å². The first-order valence-corrected chi connectivity index (χ1v) is 11.7. The van der Waals surface area contributed by atoms with Crippen molar-refractivity contribution in [1.82, 2.24) is 10.2 Å². The highest BCUT2D eigenvalue weighted by Crippen LogP contribution is 2.42. The summed E-state index contributed by atoms with van der Waals surface area (Å²) in [6.07, 6.45) is 3.17. The fourth-order valence-corrected chi connectivity index (χ4v) is 5.02. The molecule has 1 heterocycles. The van der Waals surface area contributed by atoms with Crippen LogP contribution in [0.1, 0.15) is 44.2 Å². The Balaban J connectivity index is 1.54. The van der Waals surface area contributed by atoms with E-state index in [0.29, 0.717) is 37.9 Å². The highest BCUT2D eigenvalue weighted by Gasteiger charge is 2.46. The van der Waals surface area contributed by atoms with Crippen LogP contribution in [0.4, 0.5) is 0 Å². The number of aryl methyl sites for hydroxylation is 1. The van der Waals surface area contributed by atoms with Crippen LogP contribution in [0.25, 0.3) is 11.1 Å². The van der Waals surface area contributed by atoms with Gasteiger partial charge in [-0.15, -0.1) is 0 Å². The highest BCUT2D eigenvalue weighted by molar-refractivity contribution is 5.85. The smallest absolute Gasteiger partial charge is 0.226 e. The van der Waals surface area contributed by atoms with Gasteiger partial charge in [0.2, 0.25) is 11.8 Å². The minimum Gasteiger partial charge on any atom is -0.356 e. The van der Waals surface area contributed by atoms with Gasteiger partial charge in [0.05, 0.1) is 5.41 Å². The van der Waals surface area contributed by atoms with Crippen molar-refractivity contribution in [3.05, 3.63) is 59.7 Å². The van der Waals surface area contributed by atoms with Gasteiger partial charge in [0.25, 0.3) is 0 Å². The topological polar surface area (TPSA) is 49.4 Å². The zero-order valence-corrected chi connectivity index (χ0v) is 19.0. The third-order valence-corrected chi connectivity index (χ3v) is 7.20. The fraction of sp³-hybridized carbons (Fsp3) is 0.481. The van der Waals surface area contributed by atoms with Crippen molar-refractivity contribution in [1.29, 1.82) is 0 Å². The van der Waals surface area contributed by atoms with Crippen LogP contribution in [0, 0.1) is 24.2 Å². The lowest BCUT2D eigenvalue weighted by molar-refractivity contribution is -0.141.